The highest BCUT2D eigenvalue weighted by molar-refractivity contribution is 6.30. The largest absolute Gasteiger partial charge is 0.492 e. The summed E-state index contributed by atoms with van der Waals surface area (Å²) in [6.07, 6.45) is 0. The van der Waals surface area contributed by atoms with Crippen molar-refractivity contribution in [3.63, 3.8) is 0 Å². The van der Waals surface area contributed by atoms with E-state index in [1.54, 1.807) is 30.3 Å². The van der Waals surface area contributed by atoms with Crippen molar-refractivity contribution in [2.75, 3.05) is 13.2 Å². The summed E-state index contributed by atoms with van der Waals surface area (Å²) in [6, 6.07) is 12.4. The third-order valence-corrected chi connectivity index (χ3v) is 3.50. The van der Waals surface area contributed by atoms with Crippen LogP contribution in [0.3, 0.4) is 0 Å². The molecule has 0 spiro atoms. The molecule has 2 N–H and O–H groups in total. The first kappa shape index (κ1) is 16.1. The number of hydrogen-bond acceptors (Lipinski definition) is 4. The summed E-state index contributed by atoms with van der Waals surface area (Å²) in [5.41, 5.74) is 0.949. The van der Waals surface area contributed by atoms with Crippen LogP contribution in [0, 0.1) is 6.92 Å². The molecule has 0 unspecified atom stereocenters. The van der Waals surface area contributed by atoms with Crippen LogP contribution in [0.4, 0.5) is 0 Å². The number of amides is 1. The van der Waals surface area contributed by atoms with Crippen molar-refractivity contribution in [3.8, 4) is 17.2 Å². The molecule has 2 heterocycles. The quantitative estimate of drug-likeness (QED) is 0.671. The topological polar surface area (TPSA) is 80.1 Å². The van der Waals surface area contributed by atoms with Crippen LogP contribution in [0.15, 0.2) is 46.9 Å². The molecule has 0 saturated carbocycles. The molecule has 0 aliphatic heterocycles. The molecule has 0 fully saturated rings. The first-order valence-electron chi connectivity index (χ1n) is 7.40. The zero-order valence-corrected chi connectivity index (χ0v) is 13.8. The molecule has 3 rings (SSSR count). The molecule has 3 aromatic rings. The summed E-state index contributed by atoms with van der Waals surface area (Å²) in [6.45, 7) is 2.54. The summed E-state index contributed by atoms with van der Waals surface area (Å²) in [5, 5.41) is 10.1. The number of furan rings is 1. The Bertz CT molecular complexity index is 841. The van der Waals surface area contributed by atoms with E-state index in [1.165, 1.54) is 0 Å². The van der Waals surface area contributed by atoms with Crippen molar-refractivity contribution in [2.24, 2.45) is 0 Å². The Balaban J connectivity index is 1.49. The van der Waals surface area contributed by atoms with Gasteiger partial charge in [-0.25, -0.2) is 0 Å². The van der Waals surface area contributed by atoms with E-state index >= 15 is 0 Å². The van der Waals surface area contributed by atoms with Gasteiger partial charge in [0.2, 0.25) is 0 Å². The fraction of sp³-hybridized carbons (Fsp3) is 0.176. The number of aryl methyl sites for hydroxylation is 1. The van der Waals surface area contributed by atoms with E-state index < -0.39 is 0 Å². The SMILES string of the molecule is Cc1ccc(-c2cc(C(=O)NCCOc3cccc(Cl)c3)n[nH]2)o1. The number of hydrogen-bond donors (Lipinski definition) is 2. The van der Waals surface area contributed by atoms with E-state index in [4.69, 9.17) is 20.8 Å². The van der Waals surface area contributed by atoms with Crippen LogP contribution in [-0.4, -0.2) is 29.3 Å². The highest BCUT2D eigenvalue weighted by Gasteiger charge is 2.12. The monoisotopic (exact) mass is 345 g/mol. The number of ether oxygens (including phenoxy) is 1. The van der Waals surface area contributed by atoms with Crippen LogP contribution in [-0.2, 0) is 0 Å². The molecule has 7 heteroatoms. The van der Waals surface area contributed by atoms with Crippen LogP contribution >= 0.6 is 11.6 Å². The maximum atomic E-state index is 12.1. The van der Waals surface area contributed by atoms with Gasteiger partial charge >= 0.3 is 0 Å². The molecule has 0 atom stereocenters. The van der Waals surface area contributed by atoms with E-state index in [2.05, 4.69) is 15.5 Å². The molecule has 0 radical (unpaired) electrons. The van der Waals surface area contributed by atoms with Gasteiger partial charge in [0.1, 0.15) is 23.8 Å². The second-order valence-corrected chi connectivity index (χ2v) is 5.58. The maximum Gasteiger partial charge on any atom is 0.271 e. The van der Waals surface area contributed by atoms with E-state index in [1.807, 2.05) is 19.1 Å². The molecule has 6 nitrogen and oxygen atoms in total. The Hall–Kier alpha value is -2.73. The Morgan fingerprint density at radius 1 is 1.33 bits per heavy atom. The smallest absolute Gasteiger partial charge is 0.271 e. The fourth-order valence-corrected chi connectivity index (χ4v) is 2.30. The third-order valence-electron chi connectivity index (χ3n) is 3.27. The molecular formula is C17H16ClN3O3. The minimum atomic E-state index is -0.282. The maximum absolute atomic E-state index is 12.1. The van der Waals surface area contributed by atoms with Crippen molar-refractivity contribution in [1.82, 2.24) is 15.5 Å². The molecule has 1 amide bonds. The second-order valence-electron chi connectivity index (χ2n) is 5.14. The van der Waals surface area contributed by atoms with Crippen molar-refractivity contribution in [1.29, 1.82) is 0 Å². The van der Waals surface area contributed by atoms with Crippen LogP contribution in [0.25, 0.3) is 11.5 Å². The highest BCUT2D eigenvalue weighted by Crippen LogP contribution is 2.20. The minimum absolute atomic E-state index is 0.282. The number of rotatable bonds is 6. The average Bonchev–Trinajstić information content (AvgIpc) is 3.20. The molecule has 1 aromatic carbocycles. The number of aromatic amines is 1. The second kappa shape index (κ2) is 7.23. The molecule has 0 aliphatic rings. The first-order valence-corrected chi connectivity index (χ1v) is 7.78. The van der Waals surface area contributed by atoms with Crippen molar-refractivity contribution >= 4 is 17.5 Å². The van der Waals surface area contributed by atoms with Gasteiger partial charge in [0.25, 0.3) is 5.91 Å². The van der Waals surface area contributed by atoms with Crippen LogP contribution in [0.1, 0.15) is 16.2 Å². The van der Waals surface area contributed by atoms with E-state index in [9.17, 15) is 4.79 Å². The van der Waals surface area contributed by atoms with Crippen LogP contribution < -0.4 is 10.1 Å². The number of nitrogens with zero attached hydrogens (tertiary/aromatic N) is 1. The molecule has 0 saturated heterocycles. The molecule has 124 valence electrons. The zero-order valence-electron chi connectivity index (χ0n) is 13.0. The van der Waals surface area contributed by atoms with Crippen molar-refractivity contribution < 1.29 is 13.9 Å². The van der Waals surface area contributed by atoms with Crippen molar-refractivity contribution in [3.05, 3.63) is 58.9 Å². The number of aromatic nitrogens is 2. The number of halogens is 1. The lowest BCUT2D eigenvalue weighted by molar-refractivity contribution is 0.0942. The summed E-state index contributed by atoms with van der Waals surface area (Å²) in [7, 11) is 0. The van der Waals surface area contributed by atoms with Crippen LogP contribution in [0.2, 0.25) is 5.02 Å². The van der Waals surface area contributed by atoms with Gasteiger partial charge in [0, 0.05) is 11.1 Å². The number of nitrogens with one attached hydrogen (secondary N) is 2. The first-order chi connectivity index (χ1) is 11.6. The normalized spacial score (nSPS) is 10.6. The molecule has 0 aliphatic carbocycles. The number of carbonyl (C=O) groups is 1. The summed E-state index contributed by atoms with van der Waals surface area (Å²) >= 11 is 5.87. The van der Waals surface area contributed by atoms with Gasteiger partial charge in [-0.3, -0.25) is 9.89 Å². The van der Waals surface area contributed by atoms with Gasteiger partial charge in [-0.2, -0.15) is 5.10 Å². The predicted molar refractivity (Wildman–Crippen MR) is 90.3 cm³/mol. The molecular weight excluding hydrogens is 330 g/mol. The van der Waals surface area contributed by atoms with E-state index in [0.29, 0.717) is 41.1 Å². The van der Waals surface area contributed by atoms with E-state index in [0.717, 1.165) is 5.76 Å². The lowest BCUT2D eigenvalue weighted by atomic mass is 10.3. The predicted octanol–water partition coefficient (Wildman–Crippen LogP) is 3.44. The zero-order chi connectivity index (χ0) is 16.9. The number of H-pyrrole nitrogens is 1. The fourth-order valence-electron chi connectivity index (χ4n) is 2.12. The number of benzene rings is 1. The standard InChI is InChI=1S/C17H16ClN3O3/c1-11-5-6-16(24-11)14-10-15(21-20-14)17(22)19-7-8-23-13-4-2-3-12(18)9-13/h2-6,9-10H,7-8H2,1H3,(H,19,22)(H,20,21). The molecule has 24 heavy (non-hydrogen) atoms. The van der Waals surface area contributed by atoms with Gasteiger partial charge in [-0.15, -0.1) is 0 Å². The van der Waals surface area contributed by atoms with Gasteiger partial charge in [0.05, 0.1) is 6.54 Å². The highest BCUT2D eigenvalue weighted by atomic mass is 35.5. The Morgan fingerprint density at radius 2 is 2.21 bits per heavy atom. The summed E-state index contributed by atoms with van der Waals surface area (Å²) in [4.78, 5) is 12.1. The Labute approximate surface area is 143 Å². The van der Waals surface area contributed by atoms with Crippen LogP contribution in [0.5, 0.6) is 5.75 Å². The summed E-state index contributed by atoms with van der Waals surface area (Å²) in [5.74, 6) is 1.81. The molecule has 0 bridgehead atoms. The lowest BCUT2D eigenvalue weighted by Gasteiger charge is -2.07. The van der Waals surface area contributed by atoms with Gasteiger partial charge < -0.3 is 14.5 Å². The Morgan fingerprint density at radius 3 is 2.96 bits per heavy atom. The minimum Gasteiger partial charge on any atom is -0.492 e. The third kappa shape index (κ3) is 3.97. The van der Waals surface area contributed by atoms with Crippen molar-refractivity contribution in [2.45, 2.75) is 6.92 Å². The Kier molecular flexibility index (Phi) is 4.86. The van der Waals surface area contributed by atoms with Gasteiger partial charge in [0.15, 0.2) is 11.5 Å². The number of carbonyl (C=O) groups excluding carboxylic acids is 1. The van der Waals surface area contributed by atoms with Gasteiger partial charge in [-0.05, 0) is 37.3 Å². The summed E-state index contributed by atoms with van der Waals surface area (Å²) < 4.78 is 11.0. The van der Waals surface area contributed by atoms with E-state index in [-0.39, 0.29) is 5.91 Å². The average molecular weight is 346 g/mol. The molecule has 2 aromatic heterocycles. The lowest BCUT2D eigenvalue weighted by Crippen LogP contribution is -2.28. The van der Waals surface area contributed by atoms with Gasteiger partial charge in [-0.1, -0.05) is 17.7 Å².